The summed E-state index contributed by atoms with van der Waals surface area (Å²) in [6.45, 7) is 7.08. The molecular weight excluding hydrogens is 569 g/mol. The standard InChI is InChI=1S/C34H38FNO6S/c1-5-40-34(37)29-18-28(29)22-6-8-23(9-7-22)42-31-13-11-27-26(10-12-30(35)33(27)31)32-20(2)16-25(17-21(32)3)41-24-14-15-36(19-24)43(4,38)39/h6-10,12,16-17,24,28-29,31H,5,11,13-15,18-19H2,1-4H3/t24-,28+,29-,31+/m0/s1. The molecule has 43 heavy (non-hydrogen) atoms. The molecule has 6 rings (SSSR count). The molecule has 3 aromatic carbocycles. The molecule has 0 aromatic heterocycles. The number of carbonyl (C=O) groups is 1. The Balaban J connectivity index is 1.18. The highest BCUT2D eigenvalue weighted by Gasteiger charge is 2.45. The fourth-order valence-electron chi connectivity index (χ4n) is 6.76. The molecule has 0 radical (unpaired) electrons. The largest absolute Gasteiger partial charge is 0.489 e. The van der Waals surface area contributed by atoms with Gasteiger partial charge in [0.15, 0.2) is 0 Å². The van der Waals surface area contributed by atoms with Gasteiger partial charge in [0, 0.05) is 12.1 Å². The van der Waals surface area contributed by atoms with Gasteiger partial charge >= 0.3 is 5.97 Å². The van der Waals surface area contributed by atoms with Crippen LogP contribution >= 0.6 is 0 Å². The molecular formula is C34H38FNO6S. The van der Waals surface area contributed by atoms with Gasteiger partial charge in [0.2, 0.25) is 10.0 Å². The topological polar surface area (TPSA) is 82.1 Å². The van der Waals surface area contributed by atoms with Gasteiger partial charge in [-0.15, -0.1) is 0 Å². The third-order valence-corrected chi connectivity index (χ3v) is 10.2. The van der Waals surface area contributed by atoms with Crippen LogP contribution in [0.4, 0.5) is 4.39 Å². The predicted octanol–water partition coefficient (Wildman–Crippen LogP) is 6.26. The number of fused-ring (bicyclic) bond motifs is 1. The van der Waals surface area contributed by atoms with E-state index in [1.165, 1.54) is 16.6 Å². The van der Waals surface area contributed by atoms with Crippen molar-refractivity contribution < 1.29 is 31.8 Å². The Morgan fingerprint density at radius 1 is 1.00 bits per heavy atom. The lowest BCUT2D eigenvalue weighted by Crippen LogP contribution is -2.29. The van der Waals surface area contributed by atoms with E-state index in [9.17, 15) is 13.2 Å². The third-order valence-electron chi connectivity index (χ3n) is 8.90. The average Bonchev–Trinajstić information content (AvgIpc) is 3.41. The molecule has 2 fully saturated rings. The molecule has 0 N–H and O–H groups in total. The molecule has 1 saturated heterocycles. The number of hydrogen-bond acceptors (Lipinski definition) is 6. The van der Waals surface area contributed by atoms with E-state index in [4.69, 9.17) is 14.2 Å². The van der Waals surface area contributed by atoms with E-state index in [1.54, 1.807) is 0 Å². The molecule has 1 saturated carbocycles. The maximum absolute atomic E-state index is 15.3. The van der Waals surface area contributed by atoms with Gasteiger partial charge in [0.1, 0.15) is 29.5 Å². The summed E-state index contributed by atoms with van der Waals surface area (Å²) in [4.78, 5) is 12.0. The van der Waals surface area contributed by atoms with E-state index in [2.05, 4.69) is 0 Å². The summed E-state index contributed by atoms with van der Waals surface area (Å²) in [5, 5.41) is 0. The zero-order valence-electron chi connectivity index (χ0n) is 25.1. The monoisotopic (exact) mass is 607 g/mol. The third kappa shape index (κ3) is 6.02. The molecule has 0 bridgehead atoms. The molecule has 7 nitrogen and oxygen atoms in total. The molecule has 1 heterocycles. The number of esters is 1. The maximum atomic E-state index is 15.3. The van der Waals surface area contributed by atoms with Gasteiger partial charge in [0.25, 0.3) is 0 Å². The van der Waals surface area contributed by atoms with E-state index in [0.717, 1.165) is 39.8 Å². The minimum atomic E-state index is -3.23. The Bertz CT molecular complexity index is 1630. The number of hydrogen-bond donors (Lipinski definition) is 0. The second-order valence-electron chi connectivity index (χ2n) is 12.0. The van der Waals surface area contributed by atoms with Crippen LogP contribution in [-0.4, -0.2) is 50.7 Å². The zero-order valence-corrected chi connectivity index (χ0v) is 25.9. The lowest BCUT2D eigenvalue weighted by molar-refractivity contribution is -0.144. The fourth-order valence-corrected chi connectivity index (χ4v) is 7.63. The van der Waals surface area contributed by atoms with Gasteiger partial charge < -0.3 is 14.2 Å². The van der Waals surface area contributed by atoms with Crippen LogP contribution in [-0.2, 0) is 26.0 Å². The first-order chi connectivity index (χ1) is 20.5. The summed E-state index contributed by atoms with van der Waals surface area (Å²) < 4.78 is 58.2. The van der Waals surface area contributed by atoms with Crippen LogP contribution in [0.1, 0.15) is 66.0 Å². The number of aryl methyl sites for hydroxylation is 2. The lowest BCUT2D eigenvalue weighted by atomic mass is 9.90. The van der Waals surface area contributed by atoms with E-state index in [0.29, 0.717) is 56.0 Å². The van der Waals surface area contributed by atoms with Crippen molar-refractivity contribution in [1.82, 2.24) is 4.31 Å². The van der Waals surface area contributed by atoms with Crippen molar-refractivity contribution in [3.63, 3.8) is 0 Å². The van der Waals surface area contributed by atoms with Crippen LogP contribution in [0.3, 0.4) is 0 Å². The molecule has 2 aliphatic carbocycles. The van der Waals surface area contributed by atoms with Gasteiger partial charge in [-0.1, -0.05) is 18.2 Å². The molecule has 1 aliphatic heterocycles. The van der Waals surface area contributed by atoms with Crippen LogP contribution in [0.25, 0.3) is 11.1 Å². The van der Waals surface area contributed by atoms with Crippen molar-refractivity contribution in [3.8, 4) is 22.6 Å². The van der Waals surface area contributed by atoms with Crippen LogP contribution in [0, 0.1) is 25.6 Å². The SMILES string of the molecule is CCOC(=O)[C@H]1C[C@@H]1c1ccc(O[C@@H]2CCc3c(-c4c(C)cc(O[C@H]5CCN(S(C)(=O)=O)C5)cc4C)ccc(F)c32)cc1. The Labute approximate surface area is 253 Å². The summed E-state index contributed by atoms with van der Waals surface area (Å²) in [6.07, 6.45) is 3.48. The quantitative estimate of drug-likeness (QED) is 0.267. The Morgan fingerprint density at radius 2 is 1.72 bits per heavy atom. The van der Waals surface area contributed by atoms with Crippen molar-refractivity contribution >= 4 is 16.0 Å². The molecule has 4 atom stereocenters. The van der Waals surface area contributed by atoms with Crippen molar-refractivity contribution in [3.05, 3.63) is 82.2 Å². The first kappa shape index (κ1) is 29.6. The Morgan fingerprint density at radius 3 is 2.37 bits per heavy atom. The lowest BCUT2D eigenvalue weighted by Gasteiger charge is -2.20. The second-order valence-corrected chi connectivity index (χ2v) is 14.0. The highest BCUT2D eigenvalue weighted by Crippen LogP contribution is 2.49. The second kappa shape index (κ2) is 11.6. The van der Waals surface area contributed by atoms with Gasteiger partial charge in [-0.2, -0.15) is 4.31 Å². The van der Waals surface area contributed by atoms with Crippen molar-refractivity contribution in [2.75, 3.05) is 26.0 Å². The van der Waals surface area contributed by atoms with Crippen LogP contribution in [0.15, 0.2) is 48.5 Å². The van der Waals surface area contributed by atoms with E-state index in [1.807, 2.05) is 63.2 Å². The molecule has 0 amide bonds. The minimum Gasteiger partial charge on any atom is -0.489 e. The number of ether oxygens (including phenoxy) is 3. The molecule has 0 unspecified atom stereocenters. The molecule has 3 aromatic rings. The van der Waals surface area contributed by atoms with Crippen LogP contribution < -0.4 is 9.47 Å². The Kier molecular flexibility index (Phi) is 7.98. The van der Waals surface area contributed by atoms with Gasteiger partial charge in [0.05, 0.1) is 25.3 Å². The highest BCUT2D eigenvalue weighted by atomic mass is 32.2. The van der Waals surface area contributed by atoms with Gasteiger partial charge in [-0.3, -0.25) is 4.79 Å². The number of rotatable bonds is 9. The number of carbonyl (C=O) groups excluding carboxylic acids is 1. The predicted molar refractivity (Wildman–Crippen MR) is 162 cm³/mol. The van der Waals surface area contributed by atoms with E-state index < -0.39 is 16.1 Å². The van der Waals surface area contributed by atoms with Crippen LogP contribution in [0.2, 0.25) is 0 Å². The number of nitrogens with zero attached hydrogens (tertiary/aromatic N) is 1. The van der Waals surface area contributed by atoms with E-state index >= 15 is 4.39 Å². The van der Waals surface area contributed by atoms with Crippen molar-refractivity contribution in [1.29, 1.82) is 0 Å². The van der Waals surface area contributed by atoms with Crippen molar-refractivity contribution in [2.24, 2.45) is 5.92 Å². The summed E-state index contributed by atoms with van der Waals surface area (Å²) >= 11 is 0. The number of halogens is 1. The Hall–Kier alpha value is -3.43. The normalized spacial score (nSPS) is 23.2. The van der Waals surface area contributed by atoms with E-state index in [-0.39, 0.29) is 29.7 Å². The van der Waals surface area contributed by atoms with Crippen LogP contribution in [0.5, 0.6) is 11.5 Å². The molecule has 0 spiro atoms. The minimum absolute atomic E-state index is 0.0681. The van der Waals surface area contributed by atoms with Crippen molar-refractivity contribution in [2.45, 2.75) is 64.6 Å². The molecule has 9 heteroatoms. The smallest absolute Gasteiger partial charge is 0.309 e. The maximum Gasteiger partial charge on any atom is 0.309 e. The fraction of sp³-hybridized carbons (Fsp3) is 0.441. The van der Waals surface area contributed by atoms with Gasteiger partial charge in [-0.25, -0.2) is 12.8 Å². The number of benzene rings is 3. The highest BCUT2D eigenvalue weighted by molar-refractivity contribution is 7.88. The zero-order chi connectivity index (χ0) is 30.5. The van der Waals surface area contributed by atoms with Gasteiger partial charge in [-0.05, 0) is 116 Å². The number of sulfonamides is 1. The summed E-state index contributed by atoms with van der Waals surface area (Å²) in [6, 6.07) is 15.1. The average molecular weight is 608 g/mol. The molecule has 3 aliphatic rings. The molecule has 228 valence electrons. The first-order valence-corrected chi connectivity index (χ1v) is 16.9. The summed E-state index contributed by atoms with van der Waals surface area (Å²) in [7, 11) is -3.23. The first-order valence-electron chi connectivity index (χ1n) is 15.0. The summed E-state index contributed by atoms with van der Waals surface area (Å²) in [5.41, 5.74) is 6.75. The summed E-state index contributed by atoms with van der Waals surface area (Å²) in [5.74, 6) is 1.10.